The summed E-state index contributed by atoms with van der Waals surface area (Å²) < 4.78 is 0. The highest BCUT2D eigenvalue weighted by atomic mass is 16.2. The molecule has 0 aromatic carbocycles. The van der Waals surface area contributed by atoms with E-state index >= 15 is 0 Å². The lowest BCUT2D eigenvalue weighted by Gasteiger charge is -2.22. The largest absolute Gasteiger partial charge is 0.397 e. The van der Waals surface area contributed by atoms with Crippen LogP contribution < -0.4 is 5.73 Å². The van der Waals surface area contributed by atoms with E-state index in [4.69, 9.17) is 5.73 Å². The number of likely N-dealkylation sites (tertiary alicyclic amines) is 1. The van der Waals surface area contributed by atoms with Gasteiger partial charge in [-0.25, -0.2) is 0 Å². The number of hydrogen-bond donors (Lipinski definition) is 1. The maximum absolute atomic E-state index is 12.3. The Hall–Kier alpha value is -1.58. The number of carbonyl (C=O) groups excluding carboxylic acids is 1. The van der Waals surface area contributed by atoms with Gasteiger partial charge in [0.25, 0.3) is 5.91 Å². The minimum Gasteiger partial charge on any atom is -0.397 e. The van der Waals surface area contributed by atoms with Gasteiger partial charge in [0, 0.05) is 12.6 Å². The van der Waals surface area contributed by atoms with Crippen molar-refractivity contribution in [2.75, 3.05) is 12.3 Å². The summed E-state index contributed by atoms with van der Waals surface area (Å²) in [6, 6.07) is 2.05. The summed E-state index contributed by atoms with van der Waals surface area (Å²) in [6.07, 6.45) is 3.75. The fraction of sp³-hybridized carbons (Fsp3) is 0.500. The molecule has 1 amide bonds. The van der Waals surface area contributed by atoms with Crippen LogP contribution in [0.25, 0.3) is 0 Å². The van der Waals surface area contributed by atoms with E-state index in [1.807, 2.05) is 11.8 Å². The molecule has 1 aromatic heterocycles. The van der Waals surface area contributed by atoms with Crippen molar-refractivity contribution < 1.29 is 4.79 Å². The van der Waals surface area contributed by atoms with E-state index in [1.165, 1.54) is 0 Å². The third-order valence-electron chi connectivity index (χ3n) is 3.15. The van der Waals surface area contributed by atoms with Crippen LogP contribution in [-0.2, 0) is 0 Å². The molecule has 2 N–H and O–H groups in total. The molecule has 0 aliphatic carbocycles. The number of aryl methyl sites for hydroxylation is 1. The molecule has 2 heterocycles. The molecular weight excluding hydrogens is 202 g/mol. The van der Waals surface area contributed by atoms with Crippen LogP contribution in [0, 0.1) is 6.92 Å². The quantitative estimate of drug-likeness (QED) is 0.780. The van der Waals surface area contributed by atoms with Crippen molar-refractivity contribution in [3.8, 4) is 0 Å². The van der Waals surface area contributed by atoms with Crippen molar-refractivity contribution in [2.24, 2.45) is 0 Å². The van der Waals surface area contributed by atoms with Crippen LogP contribution in [0.2, 0.25) is 0 Å². The molecule has 1 aliphatic rings. The van der Waals surface area contributed by atoms with Gasteiger partial charge in [-0.05, 0) is 32.8 Å². The van der Waals surface area contributed by atoms with Crippen LogP contribution in [0.3, 0.4) is 0 Å². The maximum Gasteiger partial charge on any atom is 0.256 e. The van der Waals surface area contributed by atoms with Gasteiger partial charge in [0.1, 0.15) is 0 Å². The predicted octanol–water partition coefficient (Wildman–Crippen LogP) is 1.60. The summed E-state index contributed by atoms with van der Waals surface area (Å²) >= 11 is 0. The standard InChI is InChI=1S/C12H17N3O/c1-8-4-3-5-15(8)12(16)11-6-10(13)7-14-9(11)2/h6-8H,3-5,13H2,1-2H3. The fourth-order valence-electron chi connectivity index (χ4n) is 2.16. The molecule has 16 heavy (non-hydrogen) atoms. The van der Waals surface area contributed by atoms with E-state index < -0.39 is 0 Å². The van der Waals surface area contributed by atoms with Gasteiger partial charge in [0.2, 0.25) is 0 Å². The first-order valence-corrected chi connectivity index (χ1v) is 5.62. The molecule has 4 heteroatoms. The van der Waals surface area contributed by atoms with E-state index in [0.717, 1.165) is 25.1 Å². The van der Waals surface area contributed by atoms with Crippen LogP contribution in [0.15, 0.2) is 12.3 Å². The van der Waals surface area contributed by atoms with Gasteiger partial charge in [-0.1, -0.05) is 0 Å². The highest BCUT2D eigenvalue weighted by Crippen LogP contribution is 2.21. The van der Waals surface area contributed by atoms with Gasteiger partial charge >= 0.3 is 0 Å². The molecule has 1 aromatic rings. The number of pyridine rings is 1. The first-order valence-electron chi connectivity index (χ1n) is 5.62. The first-order chi connectivity index (χ1) is 7.59. The second-order valence-corrected chi connectivity index (χ2v) is 4.39. The zero-order chi connectivity index (χ0) is 11.7. The van der Waals surface area contributed by atoms with Gasteiger partial charge < -0.3 is 10.6 Å². The summed E-state index contributed by atoms with van der Waals surface area (Å²) in [6.45, 7) is 4.77. The van der Waals surface area contributed by atoms with Gasteiger partial charge in [0.15, 0.2) is 0 Å². The minimum atomic E-state index is 0.0577. The van der Waals surface area contributed by atoms with Crippen molar-refractivity contribution in [1.82, 2.24) is 9.88 Å². The molecule has 1 atom stereocenters. The van der Waals surface area contributed by atoms with Crippen LogP contribution in [0.1, 0.15) is 35.8 Å². The number of hydrogen-bond acceptors (Lipinski definition) is 3. The average molecular weight is 219 g/mol. The Bertz CT molecular complexity index is 417. The van der Waals surface area contributed by atoms with E-state index in [-0.39, 0.29) is 5.91 Å². The summed E-state index contributed by atoms with van der Waals surface area (Å²) in [4.78, 5) is 18.3. The lowest BCUT2D eigenvalue weighted by atomic mass is 10.1. The van der Waals surface area contributed by atoms with Crippen molar-refractivity contribution in [3.05, 3.63) is 23.5 Å². The number of nitrogens with two attached hydrogens (primary N) is 1. The summed E-state index contributed by atoms with van der Waals surface area (Å²) in [5, 5.41) is 0. The Morgan fingerprint density at radius 2 is 2.38 bits per heavy atom. The zero-order valence-electron chi connectivity index (χ0n) is 9.73. The van der Waals surface area contributed by atoms with Crippen LogP contribution >= 0.6 is 0 Å². The zero-order valence-corrected chi connectivity index (χ0v) is 9.73. The second-order valence-electron chi connectivity index (χ2n) is 4.39. The van der Waals surface area contributed by atoms with Crippen molar-refractivity contribution in [3.63, 3.8) is 0 Å². The maximum atomic E-state index is 12.3. The molecule has 0 spiro atoms. The fourth-order valence-corrected chi connectivity index (χ4v) is 2.16. The second kappa shape index (κ2) is 4.12. The lowest BCUT2D eigenvalue weighted by molar-refractivity contribution is 0.0746. The molecule has 2 rings (SSSR count). The normalized spacial score (nSPS) is 20.1. The first kappa shape index (κ1) is 10.9. The Morgan fingerprint density at radius 1 is 1.62 bits per heavy atom. The number of nitrogens with zero attached hydrogens (tertiary/aromatic N) is 2. The molecule has 0 saturated carbocycles. The van der Waals surface area contributed by atoms with E-state index in [9.17, 15) is 4.79 Å². The van der Waals surface area contributed by atoms with Crippen LogP contribution in [0.4, 0.5) is 5.69 Å². The Morgan fingerprint density at radius 3 is 3.00 bits per heavy atom. The van der Waals surface area contributed by atoms with Crippen LogP contribution in [0.5, 0.6) is 0 Å². The molecule has 1 aliphatic heterocycles. The van der Waals surface area contributed by atoms with E-state index in [2.05, 4.69) is 11.9 Å². The Labute approximate surface area is 95.5 Å². The number of amides is 1. The summed E-state index contributed by atoms with van der Waals surface area (Å²) in [5.74, 6) is 0.0577. The third kappa shape index (κ3) is 1.87. The van der Waals surface area contributed by atoms with Gasteiger partial charge in [-0.2, -0.15) is 0 Å². The van der Waals surface area contributed by atoms with Gasteiger partial charge in [0.05, 0.1) is 23.1 Å². The highest BCUT2D eigenvalue weighted by molar-refractivity contribution is 5.96. The highest BCUT2D eigenvalue weighted by Gasteiger charge is 2.27. The Balaban J connectivity index is 2.29. The van der Waals surface area contributed by atoms with Crippen molar-refractivity contribution >= 4 is 11.6 Å². The van der Waals surface area contributed by atoms with Crippen molar-refractivity contribution in [2.45, 2.75) is 32.7 Å². The molecule has 0 bridgehead atoms. The van der Waals surface area contributed by atoms with E-state index in [1.54, 1.807) is 12.3 Å². The molecule has 1 unspecified atom stereocenters. The van der Waals surface area contributed by atoms with Gasteiger partial charge in [-0.15, -0.1) is 0 Å². The number of anilines is 1. The lowest BCUT2D eigenvalue weighted by Crippen LogP contribution is -2.34. The topological polar surface area (TPSA) is 59.2 Å². The molecular formula is C12H17N3O. The number of carbonyl (C=O) groups is 1. The molecule has 0 radical (unpaired) electrons. The number of rotatable bonds is 1. The third-order valence-corrected chi connectivity index (χ3v) is 3.15. The van der Waals surface area contributed by atoms with Gasteiger partial charge in [-0.3, -0.25) is 9.78 Å². The molecule has 4 nitrogen and oxygen atoms in total. The average Bonchev–Trinajstić information content (AvgIpc) is 2.67. The summed E-state index contributed by atoms with van der Waals surface area (Å²) in [7, 11) is 0. The van der Waals surface area contributed by atoms with Crippen LogP contribution in [-0.4, -0.2) is 28.4 Å². The SMILES string of the molecule is Cc1ncc(N)cc1C(=O)N1CCCC1C. The number of aromatic nitrogens is 1. The van der Waals surface area contributed by atoms with Crippen molar-refractivity contribution in [1.29, 1.82) is 0 Å². The van der Waals surface area contributed by atoms with E-state index in [0.29, 0.717) is 17.3 Å². The Kier molecular flexibility index (Phi) is 2.81. The molecule has 86 valence electrons. The monoisotopic (exact) mass is 219 g/mol. The predicted molar refractivity (Wildman–Crippen MR) is 63.1 cm³/mol. The molecule has 1 fully saturated rings. The minimum absolute atomic E-state index is 0.0577. The summed E-state index contributed by atoms with van der Waals surface area (Å²) in [5.41, 5.74) is 7.59. The molecule has 1 saturated heterocycles. The number of nitrogen functional groups attached to an aromatic ring is 1. The smallest absolute Gasteiger partial charge is 0.256 e.